The summed E-state index contributed by atoms with van der Waals surface area (Å²) in [6, 6.07) is 0. The summed E-state index contributed by atoms with van der Waals surface area (Å²) in [5.74, 6) is 1.14. The second-order valence-corrected chi connectivity index (χ2v) is 6.14. The molecule has 2 rings (SSSR count). The van der Waals surface area contributed by atoms with E-state index in [1.807, 2.05) is 13.8 Å². The van der Waals surface area contributed by atoms with Gasteiger partial charge in [-0.05, 0) is 32.6 Å². The molecule has 1 amide bonds. The van der Waals surface area contributed by atoms with Crippen LogP contribution in [0.5, 0.6) is 0 Å². The molecule has 1 heterocycles. The van der Waals surface area contributed by atoms with Crippen molar-refractivity contribution in [2.75, 3.05) is 32.7 Å². The van der Waals surface area contributed by atoms with Gasteiger partial charge >= 0.3 is 0 Å². The Labute approximate surface area is 110 Å². The Bertz CT molecular complexity index is 281. The summed E-state index contributed by atoms with van der Waals surface area (Å²) < 4.78 is 0. The van der Waals surface area contributed by atoms with Crippen molar-refractivity contribution in [2.24, 2.45) is 5.92 Å². The smallest absolute Gasteiger partial charge is 0.239 e. The van der Waals surface area contributed by atoms with Crippen molar-refractivity contribution in [1.29, 1.82) is 0 Å². The lowest BCUT2D eigenvalue weighted by Crippen LogP contribution is -2.60. The molecular weight excluding hydrogens is 226 g/mol. The topological polar surface area (TPSA) is 44.4 Å². The Kier molecular flexibility index (Phi) is 4.62. The molecule has 2 aliphatic rings. The van der Waals surface area contributed by atoms with Crippen molar-refractivity contribution in [1.82, 2.24) is 15.5 Å². The van der Waals surface area contributed by atoms with Crippen LogP contribution in [0.3, 0.4) is 0 Å². The van der Waals surface area contributed by atoms with Crippen LogP contribution in [0.2, 0.25) is 0 Å². The van der Waals surface area contributed by atoms with E-state index in [-0.39, 0.29) is 11.4 Å². The first-order valence-electron chi connectivity index (χ1n) is 7.35. The molecule has 2 N–H and O–H groups in total. The summed E-state index contributed by atoms with van der Waals surface area (Å²) in [5.41, 5.74) is -0.373. The van der Waals surface area contributed by atoms with E-state index in [0.29, 0.717) is 0 Å². The maximum atomic E-state index is 12.3. The molecule has 0 unspecified atom stereocenters. The van der Waals surface area contributed by atoms with Gasteiger partial charge in [0.2, 0.25) is 5.91 Å². The van der Waals surface area contributed by atoms with Crippen molar-refractivity contribution in [3.63, 3.8) is 0 Å². The van der Waals surface area contributed by atoms with Crippen LogP contribution in [0.25, 0.3) is 0 Å². The average Bonchev–Trinajstić information content (AvgIpc) is 3.19. The maximum Gasteiger partial charge on any atom is 0.239 e. The summed E-state index contributed by atoms with van der Waals surface area (Å²) >= 11 is 0. The summed E-state index contributed by atoms with van der Waals surface area (Å²) in [5, 5.41) is 6.43. The van der Waals surface area contributed by atoms with Gasteiger partial charge in [0.1, 0.15) is 0 Å². The number of nitrogens with one attached hydrogen (secondary N) is 2. The molecule has 4 nitrogen and oxygen atoms in total. The molecule has 2 fully saturated rings. The van der Waals surface area contributed by atoms with E-state index in [4.69, 9.17) is 0 Å². The van der Waals surface area contributed by atoms with Crippen LogP contribution in [0.1, 0.15) is 39.5 Å². The minimum Gasteiger partial charge on any atom is -0.355 e. The second kappa shape index (κ2) is 6.02. The zero-order valence-corrected chi connectivity index (χ0v) is 11.8. The zero-order valence-electron chi connectivity index (χ0n) is 11.8. The molecule has 1 aliphatic carbocycles. The van der Waals surface area contributed by atoms with Gasteiger partial charge in [0, 0.05) is 32.7 Å². The first-order chi connectivity index (χ1) is 8.60. The van der Waals surface area contributed by atoms with Crippen molar-refractivity contribution < 1.29 is 4.79 Å². The molecule has 1 saturated heterocycles. The minimum absolute atomic E-state index is 0.181. The number of nitrogens with zero attached hydrogens (tertiary/aromatic N) is 1. The Balaban J connectivity index is 1.70. The highest BCUT2D eigenvalue weighted by Gasteiger charge is 2.34. The normalized spacial score (nSPS) is 21.9. The summed E-state index contributed by atoms with van der Waals surface area (Å²) in [7, 11) is 0. The van der Waals surface area contributed by atoms with Gasteiger partial charge in [0.15, 0.2) is 0 Å². The lowest BCUT2D eigenvalue weighted by Gasteiger charge is -2.39. The SMILES string of the molecule is CC(C)(C(=O)NCCCC1CC1)N1CCNCC1. The van der Waals surface area contributed by atoms with Crippen LogP contribution >= 0.6 is 0 Å². The van der Waals surface area contributed by atoms with Gasteiger partial charge in [0.05, 0.1) is 5.54 Å². The highest BCUT2D eigenvalue weighted by Crippen LogP contribution is 2.33. The van der Waals surface area contributed by atoms with Crippen molar-refractivity contribution in [3.8, 4) is 0 Å². The molecular formula is C14H27N3O. The fraction of sp³-hybridized carbons (Fsp3) is 0.929. The number of carbonyl (C=O) groups is 1. The number of rotatable bonds is 6. The lowest BCUT2D eigenvalue weighted by atomic mass is 10.0. The molecule has 0 radical (unpaired) electrons. The van der Waals surface area contributed by atoms with Crippen LogP contribution in [0.15, 0.2) is 0 Å². The molecule has 0 spiro atoms. The largest absolute Gasteiger partial charge is 0.355 e. The third-order valence-electron chi connectivity index (χ3n) is 4.23. The summed E-state index contributed by atoms with van der Waals surface area (Å²) in [6.07, 6.45) is 5.23. The summed E-state index contributed by atoms with van der Waals surface area (Å²) in [4.78, 5) is 14.5. The Morgan fingerprint density at radius 3 is 2.61 bits per heavy atom. The lowest BCUT2D eigenvalue weighted by molar-refractivity contribution is -0.132. The van der Waals surface area contributed by atoms with E-state index < -0.39 is 0 Å². The Morgan fingerprint density at radius 1 is 1.33 bits per heavy atom. The number of amides is 1. The van der Waals surface area contributed by atoms with E-state index in [0.717, 1.165) is 45.1 Å². The predicted octanol–water partition coefficient (Wildman–Crippen LogP) is 0.977. The van der Waals surface area contributed by atoms with Gasteiger partial charge in [-0.15, -0.1) is 0 Å². The molecule has 4 heteroatoms. The molecule has 1 saturated carbocycles. The van der Waals surface area contributed by atoms with Gasteiger partial charge in [-0.3, -0.25) is 9.69 Å². The fourth-order valence-electron chi connectivity index (χ4n) is 2.58. The highest BCUT2D eigenvalue weighted by molar-refractivity contribution is 5.85. The molecule has 0 aromatic carbocycles. The van der Waals surface area contributed by atoms with Crippen molar-refractivity contribution >= 4 is 5.91 Å². The van der Waals surface area contributed by atoms with E-state index >= 15 is 0 Å². The van der Waals surface area contributed by atoms with Gasteiger partial charge in [-0.2, -0.15) is 0 Å². The summed E-state index contributed by atoms with van der Waals surface area (Å²) in [6.45, 7) is 8.80. The van der Waals surface area contributed by atoms with E-state index in [1.165, 1.54) is 19.3 Å². The van der Waals surface area contributed by atoms with Crippen LogP contribution in [-0.4, -0.2) is 49.1 Å². The third-order valence-corrected chi connectivity index (χ3v) is 4.23. The maximum absolute atomic E-state index is 12.3. The molecule has 0 aromatic rings. The van der Waals surface area contributed by atoms with Gasteiger partial charge in [0.25, 0.3) is 0 Å². The first kappa shape index (κ1) is 13.8. The van der Waals surface area contributed by atoms with Crippen LogP contribution in [0, 0.1) is 5.92 Å². The van der Waals surface area contributed by atoms with Gasteiger partial charge < -0.3 is 10.6 Å². The number of piperazine rings is 1. The Hall–Kier alpha value is -0.610. The fourth-order valence-corrected chi connectivity index (χ4v) is 2.58. The third kappa shape index (κ3) is 3.69. The minimum atomic E-state index is -0.373. The first-order valence-corrected chi connectivity index (χ1v) is 7.35. The average molecular weight is 253 g/mol. The second-order valence-electron chi connectivity index (χ2n) is 6.14. The van der Waals surface area contributed by atoms with Crippen LogP contribution in [-0.2, 0) is 4.79 Å². The molecule has 18 heavy (non-hydrogen) atoms. The van der Waals surface area contributed by atoms with Crippen molar-refractivity contribution in [3.05, 3.63) is 0 Å². The van der Waals surface area contributed by atoms with Gasteiger partial charge in [-0.1, -0.05) is 12.8 Å². The van der Waals surface area contributed by atoms with E-state index in [9.17, 15) is 4.79 Å². The number of hydrogen-bond donors (Lipinski definition) is 2. The highest BCUT2D eigenvalue weighted by atomic mass is 16.2. The zero-order chi connectivity index (χ0) is 13.0. The molecule has 0 bridgehead atoms. The standard InChI is InChI=1S/C14H27N3O/c1-14(2,17-10-8-15-9-11-17)13(18)16-7-3-4-12-5-6-12/h12,15H,3-11H2,1-2H3,(H,16,18). The van der Waals surface area contributed by atoms with Crippen LogP contribution in [0.4, 0.5) is 0 Å². The monoisotopic (exact) mass is 253 g/mol. The molecule has 104 valence electrons. The predicted molar refractivity (Wildman–Crippen MR) is 73.5 cm³/mol. The van der Waals surface area contributed by atoms with Crippen molar-refractivity contribution in [2.45, 2.75) is 45.1 Å². The molecule has 0 atom stereocenters. The number of carbonyl (C=O) groups excluding carboxylic acids is 1. The molecule has 1 aliphatic heterocycles. The van der Waals surface area contributed by atoms with Crippen LogP contribution < -0.4 is 10.6 Å². The molecule has 0 aromatic heterocycles. The van der Waals surface area contributed by atoms with E-state index in [2.05, 4.69) is 15.5 Å². The quantitative estimate of drug-likeness (QED) is 0.694. The van der Waals surface area contributed by atoms with E-state index in [1.54, 1.807) is 0 Å². The Morgan fingerprint density at radius 2 is 2.00 bits per heavy atom. The number of hydrogen-bond acceptors (Lipinski definition) is 3. The van der Waals surface area contributed by atoms with Gasteiger partial charge in [-0.25, -0.2) is 0 Å².